The van der Waals surface area contributed by atoms with E-state index >= 15 is 0 Å². The van der Waals surface area contributed by atoms with Crippen LogP contribution < -0.4 is 5.32 Å². The Kier molecular flexibility index (Phi) is 4.77. The van der Waals surface area contributed by atoms with E-state index in [9.17, 15) is 15.2 Å². The molecular weight excluding hydrogens is 282 g/mol. The summed E-state index contributed by atoms with van der Waals surface area (Å²) in [5, 5.41) is 30.2. The Morgan fingerprint density at radius 2 is 2.45 bits per heavy atom. The van der Waals surface area contributed by atoms with E-state index in [0.717, 1.165) is 5.01 Å². The average Bonchev–Trinajstić information content (AvgIpc) is 3.06. The van der Waals surface area contributed by atoms with Crippen LogP contribution in [0.15, 0.2) is 24.0 Å². The summed E-state index contributed by atoms with van der Waals surface area (Å²) in [7, 11) is 0. The van der Waals surface area contributed by atoms with E-state index in [-0.39, 0.29) is 18.3 Å². The van der Waals surface area contributed by atoms with E-state index in [4.69, 9.17) is 0 Å². The van der Waals surface area contributed by atoms with Crippen molar-refractivity contribution in [1.29, 1.82) is 0 Å². The van der Waals surface area contributed by atoms with Gasteiger partial charge in [0.05, 0.1) is 23.6 Å². The van der Waals surface area contributed by atoms with E-state index < -0.39 is 11.0 Å². The van der Waals surface area contributed by atoms with Gasteiger partial charge in [0.15, 0.2) is 0 Å². The third kappa shape index (κ3) is 3.83. The fourth-order valence-electron chi connectivity index (χ4n) is 1.68. The summed E-state index contributed by atoms with van der Waals surface area (Å²) >= 11 is 1.55. The summed E-state index contributed by atoms with van der Waals surface area (Å²) in [4.78, 5) is 14.2. The van der Waals surface area contributed by atoms with Crippen LogP contribution in [0.2, 0.25) is 0 Å². The fraction of sp³-hybridized carbons (Fsp3) is 0.455. The normalized spacial score (nSPS) is 14.1. The lowest BCUT2D eigenvalue weighted by Gasteiger charge is -2.15. The molecule has 0 bridgehead atoms. The Balaban J connectivity index is 1.80. The highest BCUT2D eigenvalue weighted by Crippen LogP contribution is 2.14. The molecule has 2 unspecified atom stereocenters. The molecule has 0 saturated heterocycles. The Bertz CT molecular complexity index is 556. The molecule has 0 aliphatic rings. The minimum absolute atomic E-state index is 0.0524. The van der Waals surface area contributed by atoms with Crippen molar-refractivity contribution in [2.75, 3.05) is 6.54 Å². The minimum Gasteiger partial charge on any atom is -0.390 e. The monoisotopic (exact) mass is 297 g/mol. The molecular formula is C11H15N5O3S. The number of hydrogen-bond donors (Lipinski definition) is 2. The molecule has 0 aliphatic heterocycles. The van der Waals surface area contributed by atoms with E-state index in [0.29, 0.717) is 6.54 Å². The number of aromatic nitrogens is 3. The van der Waals surface area contributed by atoms with Crippen molar-refractivity contribution in [2.24, 2.45) is 0 Å². The van der Waals surface area contributed by atoms with Gasteiger partial charge in [-0.3, -0.25) is 14.8 Å². The summed E-state index contributed by atoms with van der Waals surface area (Å²) in [5.74, 6) is 0. The van der Waals surface area contributed by atoms with E-state index in [1.54, 1.807) is 17.5 Å². The number of thiazole rings is 1. The number of rotatable bonds is 7. The summed E-state index contributed by atoms with van der Waals surface area (Å²) in [6.45, 7) is 2.52. The van der Waals surface area contributed by atoms with Gasteiger partial charge in [-0.15, -0.1) is 11.3 Å². The average molecular weight is 297 g/mol. The molecule has 0 amide bonds. The molecule has 20 heavy (non-hydrogen) atoms. The molecule has 0 spiro atoms. The van der Waals surface area contributed by atoms with Crippen LogP contribution in [0.4, 0.5) is 5.69 Å². The number of aliphatic hydroxyl groups is 1. The first kappa shape index (κ1) is 14.6. The molecule has 2 rings (SSSR count). The summed E-state index contributed by atoms with van der Waals surface area (Å²) in [6, 6.07) is 0.0524. The third-order valence-electron chi connectivity index (χ3n) is 2.71. The van der Waals surface area contributed by atoms with Gasteiger partial charge >= 0.3 is 5.69 Å². The Labute approximate surface area is 119 Å². The second kappa shape index (κ2) is 6.55. The van der Waals surface area contributed by atoms with Crippen molar-refractivity contribution in [3.05, 3.63) is 39.1 Å². The van der Waals surface area contributed by atoms with Crippen molar-refractivity contribution < 1.29 is 10.0 Å². The number of hydrogen-bond acceptors (Lipinski definition) is 7. The standard InChI is InChI=1S/C11H15N5O3S/c1-8(11-12-2-3-20-11)13-5-10(17)7-15-6-9(4-14-15)16(18)19/h2-4,6,8,10,13,17H,5,7H2,1H3. The summed E-state index contributed by atoms with van der Waals surface area (Å²) in [5.41, 5.74) is -0.0821. The fourth-order valence-corrected chi connectivity index (χ4v) is 2.35. The second-order valence-electron chi connectivity index (χ2n) is 4.33. The van der Waals surface area contributed by atoms with Gasteiger partial charge < -0.3 is 10.4 Å². The van der Waals surface area contributed by atoms with Crippen LogP contribution in [0.3, 0.4) is 0 Å². The van der Waals surface area contributed by atoms with Crippen LogP contribution in [0.5, 0.6) is 0 Å². The molecule has 0 aliphatic carbocycles. The van der Waals surface area contributed by atoms with Gasteiger partial charge in [-0.2, -0.15) is 5.10 Å². The largest absolute Gasteiger partial charge is 0.390 e. The third-order valence-corrected chi connectivity index (χ3v) is 3.67. The van der Waals surface area contributed by atoms with Crippen LogP contribution in [-0.4, -0.2) is 37.4 Å². The first-order valence-electron chi connectivity index (χ1n) is 6.04. The Morgan fingerprint density at radius 3 is 3.05 bits per heavy atom. The lowest BCUT2D eigenvalue weighted by Crippen LogP contribution is -2.32. The SMILES string of the molecule is CC(NCC(O)Cn1cc([N+](=O)[O-])cn1)c1nccs1. The van der Waals surface area contributed by atoms with E-state index in [2.05, 4.69) is 15.4 Å². The molecule has 2 aromatic heterocycles. The first-order valence-corrected chi connectivity index (χ1v) is 6.92. The molecule has 2 atom stereocenters. The van der Waals surface area contributed by atoms with Gasteiger partial charge in [0, 0.05) is 18.1 Å². The van der Waals surface area contributed by atoms with Crippen LogP contribution >= 0.6 is 11.3 Å². The first-order chi connectivity index (χ1) is 9.56. The summed E-state index contributed by atoms with van der Waals surface area (Å²) < 4.78 is 1.36. The molecule has 2 aromatic rings. The molecule has 0 fully saturated rings. The maximum Gasteiger partial charge on any atom is 0.306 e. The minimum atomic E-state index is -0.683. The van der Waals surface area contributed by atoms with Crippen LogP contribution in [0.1, 0.15) is 18.0 Å². The smallest absolute Gasteiger partial charge is 0.306 e. The lowest BCUT2D eigenvalue weighted by molar-refractivity contribution is -0.385. The molecule has 0 radical (unpaired) electrons. The van der Waals surface area contributed by atoms with Crippen molar-refractivity contribution in [3.8, 4) is 0 Å². The van der Waals surface area contributed by atoms with E-state index in [1.165, 1.54) is 17.1 Å². The lowest BCUT2D eigenvalue weighted by atomic mass is 10.3. The zero-order valence-electron chi connectivity index (χ0n) is 10.8. The Morgan fingerprint density at radius 1 is 1.65 bits per heavy atom. The molecule has 8 nitrogen and oxygen atoms in total. The van der Waals surface area contributed by atoms with Gasteiger partial charge in [0.1, 0.15) is 17.4 Å². The molecule has 2 heterocycles. The van der Waals surface area contributed by atoms with Gasteiger partial charge in [-0.25, -0.2) is 4.98 Å². The van der Waals surface area contributed by atoms with Crippen LogP contribution in [-0.2, 0) is 6.54 Å². The van der Waals surface area contributed by atoms with Crippen molar-refractivity contribution >= 4 is 17.0 Å². The van der Waals surface area contributed by atoms with Crippen molar-refractivity contribution in [1.82, 2.24) is 20.1 Å². The molecule has 9 heteroatoms. The van der Waals surface area contributed by atoms with Gasteiger partial charge in [0.25, 0.3) is 0 Å². The predicted molar refractivity (Wildman–Crippen MR) is 73.4 cm³/mol. The maximum atomic E-state index is 10.5. The highest BCUT2D eigenvalue weighted by molar-refractivity contribution is 7.09. The maximum absolute atomic E-state index is 10.5. The molecule has 108 valence electrons. The van der Waals surface area contributed by atoms with Crippen LogP contribution in [0, 0.1) is 10.1 Å². The van der Waals surface area contributed by atoms with Crippen molar-refractivity contribution in [3.63, 3.8) is 0 Å². The zero-order chi connectivity index (χ0) is 14.5. The second-order valence-corrected chi connectivity index (χ2v) is 5.26. The molecule has 2 N–H and O–H groups in total. The number of nitro groups is 1. The molecule has 0 saturated carbocycles. The van der Waals surface area contributed by atoms with Gasteiger partial charge in [-0.05, 0) is 6.92 Å². The quantitative estimate of drug-likeness (QED) is 0.582. The van der Waals surface area contributed by atoms with Crippen LogP contribution in [0.25, 0.3) is 0 Å². The van der Waals surface area contributed by atoms with Gasteiger partial charge in [0.2, 0.25) is 0 Å². The highest BCUT2D eigenvalue weighted by Gasteiger charge is 2.13. The summed E-state index contributed by atoms with van der Waals surface area (Å²) in [6.07, 6.45) is 3.51. The van der Waals surface area contributed by atoms with E-state index in [1.807, 2.05) is 12.3 Å². The zero-order valence-corrected chi connectivity index (χ0v) is 11.7. The van der Waals surface area contributed by atoms with Gasteiger partial charge in [-0.1, -0.05) is 0 Å². The molecule has 0 aromatic carbocycles. The highest BCUT2D eigenvalue weighted by atomic mass is 32.1. The number of nitrogens with zero attached hydrogens (tertiary/aromatic N) is 4. The number of nitrogens with one attached hydrogen (secondary N) is 1. The topological polar surface area (TPSA) is 106 Å². The van der Waals surface area contributed by atoms with Crippen molar-refractivity contribution in [2.45, 2.75) is 25.6 Å². The Hall–Kier alpha value is -1.84. The predicted octanol–water partition coefficient (Wildman–Crippen LogP) is 0.959. The number of aliphatic hydroxyl groups excluding tert-OH is 1.